The van der Waals surface area contributed by atoms with Gasteiger partial charge in [0, 0.05) is 0 Å². The van der Waals surface area contributed by atoms with Crippen molar-refractivity contribution in [2.75, 3.05) is 0 Å². The first-order valence-corrected chi connectivity index (χ1v) is 9.24. The molecule has 0 spiro atoms. The zero-order valence-electron chi connectivity index (χ0n) is 12.9. The molecule has 1 N–H and O–H groups in total. The summed E-state index contributed by atoms with van der Waals surface area (Å²) >= 11 is 4.61. The van der Waals surface area contributed by atoms with E-state index in [2.05, 4.69) is 36.9 Å². The lowest BCUT2D eigenvalue weighted by molar-refractivity contribution is 0.483. The van der Waals surface area contributed by atoms with Crippen molar-refractivity contribution in [2.24, 2.45) is 0 Å². The Balaban J connectivity index is 0.000000185. The van der Waals surface area contributed by atoms with Crippen LogP contribution < -0.4 is 0 Å². The van der Waals surface area contributed by atoms with E-state index in [4.69, 9.17) is 4.55 Å². The van der Waals surface area contributed by atoms with E-state index in [0.717, 1.165) is 0 Å². The Kier molecular flexibility index (Phi) is 6.61. The average molecular weight is 358 g/mol. The Morgan fingerprint density at radius 2 is 1.00 bits per heavy atom. The third-order valence-electron chi connectivity index (χ3n) is 3.27. The van der Waals surface area contributed by atoms with E-state index in [9.17, 15) is 8.42 Å². The van der Waals surface area contributed by atoms with Gasteiger partial charge in [0.1, 0.15) is 0 Å². The predicted octanol–water partition coefficient (Wildman–Crippen LogP) is 4.64. The molecule has 5 heteroatoms. The lowest BCUT2D eigenvalue weighted by Crippen LogP contribution is -1.96. The molecule has 0 amide bonds. The fraction of sp³-hybridized carbons (Fsp3) is 0.0526. The van der Waals surface area contributed by atoms with Crippen molar-refractivity contribution in [2.45, 2.75) is 10.1 Å². The number of thiol groups is 1. The van der Waals surface area contributed by atoms with Crippen LogP contribution in [0.2, 0.25) is 0 Å². The summed E-state index contributed by atoms with van der Waals surface area (Å²) in [6, 6.07) is 28.0. The van der Waals surface area contributed by atoms with Crippen molar-refractivity contribution in [3.8, 4) is 0 Å². The van der Waals surface area contributed by atoms with Crippen LogP contribution in [0.25, 0.3) is 0 Å². The zero-order valence-corrected chi connectivity index (χ0v) is 14.6. The van der Waals surface area contributed by atoms with Crippen LogP contribution in [0.15, 0.2) is 95.9 Å². The summed E-state index contributed by atoms with van der Waals surface area (Å²) in [6.07, 6.45) is 0. The highest BCUT2D eigenvalue weighted by atomic mass is 32.2. The molecular weight excluding hydrogens is 340 g/mol. The maximum absolute atomic E-state index is 10.4. The Bertz CT molecular complexity index is 794. The summed E-state index contributed by atoms with van der Waals surface area (Å²) in [5.41, 5.74) is 2.48. The third-order valence-corrected chi connectivity index (χ3v) is 4.74. The van der Waals surface area contributed by atoms with E-state index in [1.807, 2.05) is 36.4 Å². The van der Waals surface area contributed by atoms with Gasteiger partial charge in [0.05, 0.1) is 10.1 Å². The number of hydrogen-bond donors (Lipinski definition) is 2. The highest BCUT2D eigenvalue weighted by molar-refractivity contribution is 7.85. The molecule has 0 fully saturated rings. The Morgan fingerprint density at radius 1 is 0.667 bits per heavy atom. The maximum Gasteiger partial charge on any atom is 0.294 e. The molecule has 3 aromatic rings. The fourth-order valence-corrected chi connectivity index (χ4v) is 2.90. The van der Waals surface area contributed by atoms with Crippen LogP contribution in [0.1, 0.15) is 16.4 Å². The van der Waals surface area contributed by atoms with Crippen LogP contribution in [-0.2, 0) is 10.1 Å². The Morgan fingerprint density at radius 3 is 1.29 bits per heavy atom. The van der Waals surface area contributed by atoms with Crippen LogP contribution in [0.4, 0.5) is 0 Å². The van der Waals surface area contributed by atoms with Crippen molar-refractivity contribution >= 4 is 22.7 Å². The van der Waals surface area contributed by atoms with Crippen molar-refractivity contribution in [1.29, 1.82) is 0 Å². The molecule has 0 heterocycles. The van der Waals surface area contributed by atoms with Crippen LogP contribution in [0.5, 0.6) is 0 Å². The molecule has 124 valence electrons. The van der Waals surface area contributed by atoms with Gasteiger partial charge in [-0.2, -0.15) is 21.0 Å². The molecule has 0 aliphatic carbocycles. The summed E-state index contributed by atoms with van der Waals surface area (Å²) in [7, 11) is -4.00. The lowest BCUT2D eigenvalue weighted by atomic mass is 10.0. The number of rotatable bonds is 3. The minimum absolute atomic E-state index is 0.0741. The number of benzene rings is 3. The molecule has 0 aromatic heterocycles. The first-order chi connectivity index (χ1) is 11.5. The van der Waals surface area contributed by atoms with Gasteiger partial charge in [0.2, 0.25) is 0 Å². The van der Waals surface area contributed by atoms with Gasteiger partial charge in [0.15, 0.2) is 0 Å². The van der Waals surface area contributed by atoms with Gasteiger partial charge in [-0.25, -0.2) is 0 Å². The summed E-state index contributed by atoms with van der Waals surface area (Å²) in [6.45, 7) is 0. The average Bonchev–Trinajstić information content (AvgIpc) is 2.63. The van der Waals surface area contributed by atoms with Crippen LogP contribution in [-0.4, -0.2) is 13.0 Å². The topological polar surface area (TPSA) is 54.4 Å². The van der Waals surface area contributed by atoms with Crippen LogP contribution >= 0.6 is 12.6 Å². The first kappa shape index (κ1) is 18.3. The quantitative estimate of drug-likeness (QED) is 0.530. The van der Waals surface area contributed by atoms with E-state index in [0.29, 0.717) is 0 Å². The van der Waals surface area contributed by atoms with Crippen molar-refractivity contribution in [3.63, 3.8) is 0 Å². The van der Waals surface area contributed by atoms with Crippen LogP contribution in [0.3, 0.4) is 0 Å². The summed E-state index contributed by atoms with van der Waals surface area (Å²) in [5.74, 6) is 0. The summed E-state index contributed by atoms with van der Waals surface area (Å²) in [4.78, 5) is -0.0741. The molecule has 0 saturated carbocycles. The van der Waals surface area contributed by atoms with Gasteiger partial charge >= 0.3 is 0 Å². The first-order valence-electron chi connectivity index (χ1n) is 7.29. The molecule has 0 unspecified atom stereocenters. The molecule has 24 heavy (non-hydrogen) atoms. The monoisotopic (exact) mass is 358 g/mol. The molecule has 3 aromatic carbocycles. The van der Waals surface area contributed by atoms with E-state index < -0.39 is 10.1 Å². The smallest absolute Gasteiger partial charge is 0.282 e. The van der Waals surface area contributed by atoms with Crippen LogP contribution in [0, 0.1) is 0 Å². The molecule has 0 bridgehead atoms. The molecule has 0 aliphatic rings. The van der Waals surface area contributed by atoms with Gasteiger partial charge in [-0.05, 0) is 23.3 Å². The number of hydrogen-bond acceptors (Lipinski definition) is 3. The SMILES string of the molecule is O=S(=O)(O)c1ccccc1.SC(c1ccccc1)c1ccccc1. The van der Waals surface area contributed by atoms with E-state index in [-0.39, 0.29) is 10.1 Å². The second-order valence-electron chi connectivity index (χ2n) is 5.01. The van der Waals surface area contributed by atoms with Gasteiger partial charge in [-0.15, -0.1) is 0 Å². The van der Waals surface area contributed by atoms with Gasteiger partial charge in [0.25, 0.3) is 10.1 Å². The zero-order chi connectivity index (χ0) is 17.4. The fourth-order valence-electron chi connectivity index (χ4n) is 2.06. The summed E-state index contributed by atoms with van der Waals surface area (Å²) in [5, 5.41) is 0.178. The molecule has 3 rings (SSSR count). The maximum atomic E-state index is 10.4. The van der Waals surface area contributed by atoms with E-state index in [1.54, 1.807) is 18.2 Å². The van der Waals surface area contributed by atoms with E-state index >= 15 is 0 Å². The summed E-state index contributed by atoms with van der Waals surface area (Å²) < 4.78 is 29.2. The normalized spacial score (nSPS) is 10.8. The second kappa shape index (κ2) is 8.68. The third kappa shape index (κ3) is 5.53. The standard InChI is InChI=1S/C13H12S.C6H6O3S/c14-13(11-7-3-1-4-8-11)12-9-5-2-6-10-12;7-10(8,9)6-4-2-1-3-5-6/h1-10,13-14H;1-5H,(H,7,8,9). The molecule has 0 saturated heterocycles. The molecule has 0 atom stereocenters. The Labute approximate surface area is 148 Å². The molecule has 0 aliphatic heterocycles. The molecular formula is C19H18O3S2. The second-order valence-corrected chi connectivity index (χ2v) is 6.95. The highest BCUT2D eigenvalue weighted by Crippen LogP contribution is 2.27. The minimum atomic E-state index is -4.00. The Hall–Kier alpha value is -2.08. The lowest BCUT2D eigenvalue weighted by Gasteiger charge is -2.10. The van der Waals surface area contributed by atoms with Gasteiger partial charge in [-0.3, -0.25) is 4.55 Å². The van der Waals surface area contributed by atoms with Gasteiger partial charge in [-0.1, -0.05) is 78.9 Å². The highest BCUT2D eigenvalue weighted by Gasteiger charge is 2.07. The largest absolute Gasteiger partial charge is 0.294 e. The minimum Gasteiger partial charge on any atom is -0.282 e. The van der Waals surface area contributed by atoms with Crippen molar-refractivity contribution < 1.29 is 13.0 Å². The van der Waals surface area contributed by atoms with Gasteiger partial charge < -0.3 is 0 Å². The predicted molar refractivity (Wildman–Crippen MR) is 100.0 cm³/mol. The van der Waals surface area contributed by atoms with E-state index in [1.165, 1.54) is 23.3 Å². The molecule has 3 nitrogen and oxygen atoms in total. The van der Waals surface area contributed by atoms with Crippen molar-refractivity contribution in [1.82, 2.24) is 0 Å². The molecule has 0 radical (unpaired) electrons. The van der Waals surface area contributed by atoms with Crippen molar-refractivity contribution in [3.05, 3.63) is 102 Å².